The second kappa shape index (κ2) is 8.87. The number of aliphatic carboxylic acids is 2. The Hall–Kier alpha value is -2.20. The molecule has 0 saturated carbocycles. The summed E-state index contributed by atoms with van der Waals surface area (Å²) >= 11 is 0. The van der Waals surface area contributed by atoms with Gasteiger partial charge in [-0.3, -0.25) is 0 Å². The summed E-state index contributed by atoms with van der Waals surface area (Å²) in [5.74, 6) is -3.34. The monoisotopic (exact) mass is 303 g/mol. The van der Waals surface area contributed by atoms with Crippen LogP contribution in [0.25, 0.3) is 0 Å². The minimum atomic E-state index is -2.27. The largest absolute Gasteiger partial charge is 0.508 e. The molecule has 0 heterocycles. The highest BCUT2D eigenvalue weighted by Crippen LogP contribution is 2.15. The van der Waals surface area contributed by atoms with Crippen LogP contribution in [0.15, 0.2) is 24.3 Å². The minimum absolute atomic E-state index is 0.193. The molecule has 21 heavy (non-hydrogen) atoms. The summed E-state index contributed by atoms with van der Waals surface area (Å²) in [6.45, 7) is 0.199. The van der Waals surface area contributed by atoms with E-state index >= 15 is 0 Å². The van der Waals surface area contributed by atoms with Crippen molar-refractivity contribution in [2.45, 2.75) is 18.3 Å². The summed E-state index contributed by atoms with van der Waals surface area (Å²) in [6, 6.07) is 6.34. The molecule has 8 N–H and O–H groups in total. The van der Waals surface area contributed by atoms with E-state index in [1.165, 1.54) is 12.1 Å². The van der Waals surface area contributed by atoms with Gasteiger partial charge >= 0.3 is 11.9 Å². The Morgan fingerprint density at radius 3 is 1.62 bits per heavy atom. The predicted molar refractivity (Wildman–Crippen MR) is 69.4 cm³/mol. The van der Waals surface area contributed by atoms with Crippen molar-refractivity contribution in [3.05, 3.63) is 29.8 Å². The number of phenolic OH excluding ortho intramolecular Hbond substituents is 1. The summed E-state index contributed by atoms with van der Waals surface area (Å²) in [7, 11) is 0. The van der Waals surface area contributed by atoms with Crippen LogP contribution in [0.1, 0.15) is 11.7 Å². The van der Waals surface area contributed by atoms with Gasteiger partial charge in [-0.1, -0.05) is 12.1 Å². The van der Waals surface area contributed by atoms with Crippen molar-refractivity contribution in [1.29, 1.82) is 0 Å². The molecular weight excluding hydrogens is 286 g/mol. The first-order valence-electron chi connectivity index (χ1n) is 5.69. The summed E-state index contributed by atoms with van der Waals surface area (Å²) in [5.41, 5.74) is 5.96. The number of carboxylic acids is 2. The maximum atomic E-state index is 9.77. The van der Waals surface area contributed by atoms with Gasteiger partial charge in [-0.25, -0.2) is 9.59 Å². The highest BCUT2D eigenvalue weighted by atomic mass is 16.4. The van der Waals surface area contributed by atoms with Gasteiger partial charge < -0.3 is 36.4 Å². The number of phenols is 1. The maximum Gasteiger partial charge on any atom is 0.335 e. The van der Waals surface area contributed by atoms with Gasteiger partial charge in [0.2, 0.25) is 0 Å². The summed E-state index contributed by atoms with van der Waals surface area (Å²) in [4.78, 5) is 19.5. The standard InChI is InChI=1S/C8H11NO2.C4H6O6/c9-5-8(11)6-1-3-7(10)4-2-6;5-1(3(7)8)2(6)4(9)10/h1-4,8,10-11H,5,9H2;1-2,5-6H,(H,7,8)(H,9,10)/t;1-,2-/m.1/s1. The SMILES string of the molecule is NCC(O)c1ccc(O)cc1.O=C(O)[C@H](O)[C@@H](O)C(=O)O. The van der Waals surface area contributed by atoms with E-state index in [9.17, 15) is 14.7 Å². The van der Waals surface area contributed by atoms with Gasteiger partial charge in [-0.2, -0.15) is 0 Å². The number of carboxylic acid groups (broad SMARTS) is 2. The normalized spacial score (nSPS) is 14.3. The molecular formula is C12H17NO8. The van der Waals surface area contributed by atoms with Gasteiger partial charge in [0.15, 0.2) is 12.2 Å². The fourth-order valence-corrected chi connectivity index (χ4v) is 1.10. The van der Waals surface area contributed by atoms with Crippen LogP contribution >= 0.6 is 0 Å². The number of carbonyl (C=O) groups is 2. The molecule has 1 unspecified atom stereocenters. The van der Waals surface area contributed by atoms with E-state index in [1.54, 1.807) is 12.1 Å². The van der Waals surface area contributed by atoms with Crippen molar-refractivity contribution in [1.82, 2.24) is 0 Å². The molecule has 0 aliphatic heterocycles. The first-order valence-corrected chi connectivity index (χ1v) is 5.69. The Kier molecular flexibility index (Phi) is 7.94. The van der Waals surface area contributed by atoms with Gasteiger partial charge in [0.05, 0.1) is 6.10 Å². The van der Waals surface area contributed by atoms with Gasteiger partial charge in [0.1, 0.15) is 5.75 Å². The number of aliphatic hydroxyl groups is 3. The Morgan fingerprint density at radius 1 is 0.952 bits per heavy atom. The Morgan fingerprint density at radius 2 is 1.33 bits per heavy atom. The number of hydrogen-bond donors (Lipinski definition) is 7. The molecule has 1 aromatic rings. The third kappa shape index (κ3) is 6.68. The summed E-state index contributed by atoms with van der Waals surface area (Å²) in [6.07, 6.45) is -5.16. The average Bonchev–Trinajstić information content (AvgIpc) is 2.46. The predicted octanol–water partition coefficient (Wildman–Crippen LogP) is -1.74. The first-order chi connectivity index (χ1) is 9.70. The van der Waals surface area contributed by atoms with Crippen LogP contribution < -0.4 is 5.73 Å². The Balaban J connectivity index is 0.000000384. The fraction of sp³-hybridized carbons (Fsp3) is 0.333. The first kappa shape index (κ1) is 18.8. The van der Waals surface area contributed by atoms with Crippen molar-refractivity contribution in [3.8, 4) is 5.75 Å². The number of aliphatic hydroxyl groups excluding tert-OH is 3. The molecule has 0 saturated heterocycles. The quantitative estimate of drug-likeness (QED) is 0.332. The molecule has 3 atom stereocenters. The zero-order valence-electron chi connectivity index (χ0n) is 10.8. The molecule has 9 heteroatoms. The van der Waals surface area contributed by atoms with Crippen molar-refractivity contribution in [2.24, 2.45) is 5.73 Å². The Labute approximate surface area is 119 Å². The second-order valence-corrected chi connectivity index (χ2v) is 3.91. The molecule has 0 radical (unpaired) electrons. The molecule has 0 fully saturated rings. The zero-order chi connectivity index (χ0) is 16.6. The van der Waals surface area contributed by atoms with Gasteiger partial charge in [0, 0.05) is 6.54 Å². The van der Waals surface area contributed by atoms with E-state index in [-0.39, 0.29) is 12.3 Å². The summed E-state index contributed by atoms with van der Waals surface area (Å²) < 4.78 is 0. The Bertz CT molecular complexity index is 443. The smallest absolute Gasteiger partial charge is 0.335 e. The number of benzene rings is 1. The third-order valence-electron chi connectivity index (χ3n) is 2.31. The van der Waals surface area contributed by atoms with E-state index in [0.29, 0.717) is 0 Å². The number of aromatic hydroxyl groups is 1. The molecule has 118 valence electrons. The lowest BCUT2D eigenvalue weighted by Gasteiger charge is -2.07. The van der Waals surface area contributed by atoms with E-state index in [4.69, 9.17) is 31.3 Å². The van der Waals surface area contributed by atoms with Crippen LogP contribution in [-0.2, 0) is 9.59 Å². The van der Waals surface area contributed by atoms with Crippen molar-refractivity contribution < 1.29 is 40.2 Å². The molecule has 0 aliphatic rings. The van der Waals surface area contributed by atoms with Crippen LogP contribution in [-0.4, -0.2) is 61.3 Å². The van der Waals surface area contributed by atoms with E-state index in [2.05, 4.69) is 0 Å². The highest BCUT2D eigenvalue weighted by Gasteiger charge is 2.29. The van der Waals surface area contributed by atoms with Gasteiger partial charge in [0.25, 0.3) is 0 Å². The third-order valence-corrected chi connectivity index (χ3v) is 2.31. The average molecular weight is 303 g/mol. The van der Waals surface area contributed by atoms with Gasteiger partial charge in [-0.15, -0.1) is 0 Å². The molecule has 1 aromatic carbocycles. The molecule has 1 rings (SSSR count). The fourth-order valence-electron chi connectivity index (χ4n) is 1.10. The molecule has 0 spiro atoms. The number of hydrogen-bond acceptors (Lipinski definition) is 7. The van der Waals surface area contributed by atoms with Crippen LogP contribution in [0, 0.1) is 0 Å². The van der Waals surface area contributed by atoms with Crippen LogP contribution in [0.4, 0.5) is 0 Å². The molecule has 0 aliphatic carbocycles. The lowest BCUT2D eigenvalue weighted by atomic mass is 10.1. The van der Waals surface area contributed by atoms with Crippen LogP contribution in [0.3, 0.4) is 0 Å². The second-order valence-electron chi connectivity index (χ2n) is 3.91. The lowest BCUT2D eigenvalue weighted by molar-refractivity contribution is -0.165. The topological polar surface area (TPSA) is 182 Å². The number of rotatable bonds is 5. The van der Waals surface area contributed by atoms with Crippen molar-refractivity contribution in [2.75, 3.05) is 6.54 Å². The van der Waals surface area contributed by atoms with Crippen molar-refractivity contribution >= 4 is 11.9 Å². The maximum absolute atomic E-state index is 9.77. The number of nitrogens with two attached hydrogens (primary N) is 1. The molecule has 0 bridgehead atoms. The van der Waals surface area contributed by atoms with E-state index in [0.717, 1.165) is 5.56 Å². The molecule has 9 nitrogen and oxygen atoms in total. The minimum Gasteiger partial charge on any atom is -0.508 e. The van der Waals surface area contributed by atoms with E-state index in [1.807, 2.05) is 0 Å². The van der Waals surface area contributed by atoms with Crippen LogP contribution in [0.5, 0.6) is 5.75 Å². The summed E-state index contributed by atoms with van der Waals surface area (Å²) in [5, 5.41) is 50.6. The lowest BCUT2D eigenvalue weighted by Crippen LogP contribution is -2.39. The molecule has 0 amide bonds. The van der Waals surface area contributed by atoms with E-state index < -0.39 is 30.3 Å². The van der Waals surface area contributed by atoms with Gasteiger partial charge in [-0.05, 0) is 17.7 Å². The highest BCUT2D eigenvalue weighted by molar-refractivity contribution is 5.83. The van der Waals surface area contributed by atoms with Crippen molar-refractivity contribution in [3.63, 3.8) is 0 Å². The zero-order valence-corrected chi connectivity index (χ0v) is 10.8. The molecule has 0 aromatic heterocycles. The van der Waals surface area contributed by atoms with Crippen LogP contribution in [0.2, 0.25) is 0 Å².